The lowest BCUT2D eigenvalue weighted by Crippen LogP contribution is -2.45. The molecule has 1 atom stereocenters. The van der Waals surface area contributed by atoms with Crippen LogP contribution >= 0.6 is 0 Å². The second kappa shape index (κ2) is 10.8. The lowest BCUT2D eigenvalue weighted by Gasteiger charge is -2.41. The van der Waals surface area contributed by atoms with Crippen LogP contribution in [0, 0.1) is 0 Å². The quantitative estimate of drug-likeness (QED) is 0.528. The van der Waals surface area contributed by atoms with Crippen molar-refractivity contribution >= 4 is 11.7 Å². The number of ether oxygens (including phenoxy) is 2. The summed E-state index contributed by atoms with van der Waals surface area (Å²) < 4.78 is 10.8. The van der Waals surface area contributed by atoms with Crippen LogP contribution in [0.4, 0.5) is 5.69 Å². The predicted molar refractivity (Wildman–Crippen MR) is 111 cm³/mol. The summed E-state index contributed by atoms with van der Waals surface area (Å²) in [5.41, 5.74) is 1.98. The standard InChI is InChI=1S/C22H37NO5/c1-7-22(4,10-11-28-21(2,3)9-8-20(26)27-6)23(5)19-13-17(15-24)12-18(14-19)16-25/h12-14,24-25H,7-11,15-16H2,1-6H3. The maximum Gasteiger partial charge on any atom is 0.305 e. The highest BCUT2D eigenvalue weighted by Crippen LogP contribution is 2.31. The molecular formula is C22H37NO5. The third-order valence-electron chi connectivity index (χ3n) is 5.65. The molecule has 2 N–H and O–H groups in total. The lowest BCUT2D eigenvalue weighted by molar-refractivity contribution is -0.142. The highest BCUT2D eigenvalue weighted by Gasteiger charge is 2.29. The average Bonchev–Trinajstić information content (AvgIpc) is 2.70. The average molecular weight is 396 g/mol. The van der Waals surface area contributed by atoms with E-state index in [1.54, 1.807) is 0 Å². The highest BCUT2D eigenvalue weighted by molar-refractivity contribution is 5.69. The molecule has 0 saturated heterocycles. The number of nitrogens with zero attached hydrogens (tertiary/aromatic N) is 1. The number of anilines is 1. The third kappa shape index (κ3) is 7.08. The van der Waals surface area contributed by atoms with Gasteiger partial charge in [0.2, 0.25) is 0 Å². The summed E-state index contributed by atoms with van der Waals surface area (Å²) in [6.07, 6.45) is 2.66. The fourth-order valence-electron chi connectivity index (χ4n) is 3.14. The zero-order valence-electron chi connectivity index (χ0n) is 18.2. The number of hydrogen-bond donors (Lipinski definition) is 2. The number of methoxy groups -OCH3 is 1. The Labute approximate surface area is 169 Å². The molecule has 0 spiro atoms. The van der Waals surface area contributed by atoms with Gasteiger partial charge in [0, 0.05) is 31.3 Å². The van der Waals surface area contributed by atoms with Crippen LogP contribution in [-0.4, -0.2) is 48.1 Å². The Bertz CT molecular complexity index is 609. The number of esters is 1. The molecule has 0 heterocycles. The first-order valence-corrected chi connectivity index (χ1v) is 9.90. The minimum absolute atomic E-state index is 0.0605. The van der Waals surface area contributed by atoms with Gasteiger partial charge in [0.1, 0.15) is 0 Å². The maximum atomic E-state index is 11.4. The van der Waals surface area contributed by atoms with Crippen molar-refractivity contribution in [2.45, 2.75) is 77.7 Å². The minimum Gasteiger partial charge on any atom is -0.469 e. The number of carbonyl (C=O) groups is 1. The Kier molecular flexibility index (Phi) is 9.40. The first-order valence-electron chi connectivity index (χ1n) is 9.90. The van der Waals surface area contributed by atoms with Crippen molar-refractivity contribution in [2.75, 3.05) is 25.7 Å². The summed E-state index contributed by atoms with van der Waals surface area (Å²) in [7, 11) is 3.43. The summed E-state index contributed by atoms with van der Waals surface area (Å²) in [5.74, 6) is -0.224. The molecule has 1 rings (SSSR count). The number of aliphatic hydroxyl groups excluding tert-OH is 2. The Hall–Kier alpha value is -1.63. The van der Waals surface area contributed by atoms with Gasteiger partial charge in [-0.25, -0.2) is 0 Å². The molecule has 0 amide bonds. The second-order valence-electron chi connectivity index (χ2n) is 8.17. The molecule has 0 radical (unpaired) electrons. The van der Waals surface area contributed by atoms with E-state index in [4.69, 9.17) is 9.47 Å². The Morgan fingerprint density at radius 1 is 1.07 bits per heavy atom. The molecule has 160 valence electrons. The Morgan fingerprint density at radius 2 is 1.64 bits per heavy atom. The van der Waals surface area contributed by atoms with Crippen LogP contribution in [0.15, 0.2) is 18.2 Å². The Morgan fingerprint density at radius 3 is 2.11 bits per heavy atom. The van der Waals surface area contributed by atoms with Crippen LogP contribution in [0.1, 0.15) is 64.5 Å². The second-order valence-corrected chi connectivity index (χ2v) is 8.17. The number of carbonyl (C=O) groups excluding carboxylic acids is 1. The van der Waals surface area contributed by atoms with Gasteiger partial charge in [-0.05, 0) is 63.3 Å². The molecule has 6 nitrogen and oxygen atoms in total. The molecule has 0 saturated carbocycles. The van der Waals surface area contributed by atoms with Crippen molar-refractivity contribution in [2.24, 2.45) is 0 Å². The molecule has 1 aromatic rings. The van der Waals surface area contributed by atoms with E-state index in [0.717, 1.165) is 29.7 Å². The largest absolute Gasteiger partial charge is 0.469 e. The van der Waals surface area contributed by atoms with Gasteiger partial charge < -0.3 is 24.6 Å². The molecule has 1 aromatic carbocycles. The molecule has 0 aromatic heterocycles. The number of benzene rings is 1. The van der Waals surface area contributed by atoms with Crippen LogP contribution < -0.4 is 4.90 Å². The summed E-state index contributed by atoms with van der Waals surface area (Å²) in [5, 5.41) is 19.0. The lowest BCUT2D eigenvalue weighted by atomic mass is 9.91. The van der Waals surface area contributed by atoms with Crippen LogP contribution in [0.2, 0.25) is 0 Å². The smallest absolute Gasteiger partial charge is 0.305 e. The normalized spacial score (nSPS) is 13.9. The van der Waals surface area contributed by atoms with Gasteiger partial charge in [-0.15, -0.1) is 0 Å². The van der Waals surface area contributed by atoms with Crippen LogP contribution in [0.25, 0.3) is 0 Å². The summed E-state index contributed by atoms with van der Waals surface area (Å²) in [4.78, 5) is 13.6. The van der Waals surface area contributed by atoms with Gasteiger partial charge in [-0.2, -0.15) is 0 Å². The number of hydrogen-bond acceptors (Lipinski definition) is 6. The van der Waals surface area contributed by atoms with Gasteiger partial charge in [0.15, 0.2) is 0 Å². The van der Waals surface area contributed by atoms with E-state index in [-0.39, 0.29) is 24.7 Å². The molecule has 28 heavy (non-hydrogen) atoms. The predicted octanol–water partition coefficient (Wildman–Crippen LogP) is 3.41. The van der Waals surface area contributed by atoms with E-state index < -0.39 is 5.60 Å². The molecule has 0 aliphatic heterocycles. The van der Waals surface area contributed by atoms with E-state index in [1.165, 1.54) is 7.11 Å². The minimum atomic E-state index is -0.401. The monoisotopic (exact) mass is 395 g/mol. The third-order valence-corrected chi connectivity index (χ3v) is 5.65. The number of rotatable bonds is 12. The fraction of sp³-hybridized carbons (Fsp3) is 0.682. The van der Waals surface area contributed by atoms with Gasteiger partial charge in [0.05, 0.1) is 25.9 Å². The van der Waals surface area contributed by atoms with Gasteiger partial charge in [-0.3, -0.25) is 4.79 Å². The van der Waals surface area contributed by atoms with Crippen molar-refractivity contribution in [3.8, 4) is 0 Å². The van der Waals surface area contributed by atoms with E-state index in [2.05, 4.69) is 18.7 Å². The summed E-state index contributed by atoms with van der Waals surface area (Å²) >= 11 is 0. The molecule has 6 heteroatoms. The Balaban J connectivity index is 2.80. The zero-order chi connectivity index (χ0) is 21.4. The molecule has 0 aliphatic carbocycles. The van der Waals surface area contributed by atoms with Crippen LogP contribution in [0.3, 0.4) is 0 Å². The highest BCUT2D eigenvalue weighted by atomic mass is 16.5. The van der Waals surface area contributed by atoms with Crippen molar-refractivity contribution in [1.29, 1.82) is 0 Å². The van der Waals surface area contributed by atoms with E-state index >= 15 is 0 Å². The van der Waals surface area contributed by atoms with Gasteiger partial charge in [-0.1, -0.05) is 13.0 Å². The molecule has 0 bridgehead atoms. The molecule has 0 aliphatic rings. The summed E-state index contributed by atoms with van der Waals surface area (Å²) in [6, 6.07) is 5.72. The number of aliphatic hydroxyl groups is 2. The van der Waals surface area contributed by atoms with Crippen LogP contribution in [-0.2, 0) is 27.5 Å². The molecular weight excluding hydrogens is 358 g/mol. The SMILES string of the molecule is CCC(C)(CCOC(C)(C)CCC(=O)OC)N(C)c1cc(CO)cc(CO)c1. The molecule has 0 fully saturated rings. The maximum absolute atomic E-state index is 11.4. The topological polar surface area (TPSA) is 79.2 Å². The van der Waals surface area contributed by atoms with Crippen molar-refractivity contribution in [3.05, 3.63) is 29.3 Å². The van der Waals surface area contributed by atoms with Gasteiger partial charge in [0.25, 0.3) is 0 Å². The van der Waals surface area contributed by atoms with E-state index in [1.807, 2.05) is 39.1 Å². The van der Waals surface area contributed by atoms with Crippen LogP contribution in [0.5, 0.6) is 0 Å². The first kappa shape index (κ1) is 24.4. The zero-order valence-corrected chi connectivity index (χ0v) is 18.2. The van der Waals surface area contributed by atoms with Crippen molar-refractivity contribution in [1.82, 2.24) is 0 Å². The van der Waals surface area contributed by atoms with Crippen molar-refractivity contribution < 1.29 is 24.5 Å². The molecule has 1 unspecified atom stereocenters. The van der Waals surface area contributed by atoms with E-state index in [0.29, 0.717) is 19.4 Å². The van der Waals surface area contributed by atoms with Crippen molar-refractivity contribution in [3.63, 3.8) is 0 Å². The summed E-state index contributed by atoms with van der Waals surface area (Å²) in [6.45, 7) is 8.74. The van der Waals surface area contributed by atoms with E-state index in [9.17, 15) is 15.0 Å². The van der Waals surface area contributed by atoms with Gasteiger partial charge >= 0.3 is 5.97 Å². The first-order chi connectivity index (χ1) is 13.1. The fourth-order valence-corrected chi connectivity index (χ4v) is 3.14.